The third-order valence-corrected chi connectivity index (χ3v) is 8.56. The number of carbonyl (C=O) groups is 1. The van der Waals surface area contributed by atoms with Crippen LogP contribution >= 0.6 is 0 Å². The fraction of sp³-hybridized carbons (Fsp3) is 0.320. The number of nitrogens with one attached hydrogen (secondary N) is 1. The number of carbonyl (C=O) groups excluding carboxylic acids is 1. The van der Waals surface area contributed by atoms with Gasteiger partial charge in [0.2, 0.25) is 16.8 Å². The van der Waals surface area contributed by atoms with E-state index in [1.807, 2.05) is 0 Å². The second-order valence-corrected chi connectivity index (χ2v) is 11.3. The zero-order valence-electron chi connectivity index (χ0n) is 21.4. The van der Waals surface area contributed by atoms with Crippen LogP contribution in [-0.2, 0) is 33.7 Å². The number of furan rings is 1. The van der Waals surface area contributed by atoms with E-state index in [4.69, 9.17) is 4.42 Å². The van der Waals surface area contributed by atoms with Gasteiger partial charge in [-0.15, -0.1) is 0 Å². The van der Waals surface area contributed by atoms with E-state index < -0.39 is 69.0 Å². The number of alkyl halides is 6. The van der Waals surface area contributed by atoms with Crippen molar-refractivity contribution in [3.63, 3.8) is 0 Å². The minimum absolute atomic E-state index is 0.0905. The molecule has 0 radical (unpaired) electrons. The fourth-order valence-electron chi connectivity index (χ4n) is 4.67. The average molecular weight is 615 g/mol. The van der Waals surface area contributed by atoms with Crippen LogP contribution in [0.15, 0.2) is 58.7 Å². The van der Waals surface area contributed by atoms with Crippen LogP contribution in [0.25, 0.3) is 22.2 Å². The molecule has 4 aromatic rings. The third kappa shape index (κ3) is 5.65. The number of nitrogens with zero attached hydrogens (tertiary/aromatic N) is 5. The first-order valence-corrected chi connectivity index (χ1v) is 13.7. The van der Waals surface area contributed by atoms with Crippen molar-refractivity contribution in [1.82, 2.24) is 29.6 Å². The first kappa shape index (κ1) is 29.4. The molecule has 1 aliphatic rings. The third-order valence-electron chi connectivity index (χ3n) is 6.68. The van der Waals surface area contributed by atoms with Crippen molar-refractivity contribution in [2.24, 2.45) is 0 Å². The summed E-state index contributed by atoms with van der Waals surface area (Å²) in [6, 6.07) is 1.84. The van der Waals surface area contributed by atoms with E-state index >= 15 is 0 Å². The van der Waals surface area contributed by atoms with Gasteiger partial charge in [0, 0.05) is 60.6 Å². The lowest BCUT2D eigenvalue weighted by Gasteiger charge is -2.26. The van der Waals surface area contributed by atoms with Gasteiger partial charge in [-0.2, -0.15) is 30.6 Å². The number of hydrogen-bond acceptors (Lipinski definition) is 8. The molecule has 17 heteroatoms. The molecule has 222 valence electrons. The van der Waals surface area contributed by atoms with Gasteiger partial charge in [-0.3, -0.25) is 14.8 Å². The molecule has 0 aromatic carbocycles. The molecule has 4 aromatic heterocycles. The maximum atomic E-state index is 13.7. The Hall–Kier alpha value is -4.12. The number of rotatable bonds is 6. The summed E-state index contributed by atoms with van der Waals surface area (Å²) in [5.41, 5.74) is -1.64. The topological polar surface area (TPSA) is 131 Å². The highest BCUT2D eigenvalue weighted by Crippen LogP contribution is 2.35. The Morgan fingerprint density at radius 2 is 1.74 bits per heavy atom. The number of amides is 1. The number of pyridine rings is 2. The molecule has 5 heterocycles. The van der Waals surface area contributed by atoms with E-state index in [1.54, 1.807) is 6.92 Å². The highest BCUT2D eigenvalue weighted by molar-refractivity contribution is 7.89. The lowest BCUT2D eigenvalue weighted by molar-refractivity contribution is -0.145. The molecular weight excluding hydrogens is 594 g/mol. The fourth-order valence-corrected chi connectivity index (χ4v) is 6.46. The Labute approximate surface area is 233 Å². The summed E-state index contributed by atoms with van der Waals surface area (Å²) in [4.78, 5) is 27.2. The van der Waals surface area contributed by atoms with Crippen LogP contribution in [0.1, 0.15) is 36.7 Å². The average Bonchev–Trinajstić information content (AvgIpc) is 3.55. The predicted molar refractivity (Wildman–Crippen MR) is 133 cm³/mol. The highest BCUT2D eigenvalue weighted by atomic mass is 32.2. The largest absolute Gasteiger partial charge is 0.451 e. The highest BCUT2D eigenvalue weighted by Gasteiger charge is 2.45. The van der Waals surface area contributed by atoms with Gasteiger partial charge in [-0.05, 0) is 37.5 Å². The van der Waals surface area contributed by atoms with Crippen molar-refractivity contribution in [2.45, 2.75) is 55.8 Å². The SMILES string of the molecule is C[C@H]1CC[C@@H](C(=O)NCc2cc(-c3cnc(C(F)(F)F)nc3)ncc2C(F)(F)F)N1S(=O)(=O)c1cc2cnccc2o1. The molecule has 0 aliphatic carbocycles. The molecule has 0 bridgehead atoms. The van der Waals surface area contributed by atoms with Crippen LogP contribution in [0.4, 0.5) is 26.3 Å². The molecule has 1 N–H and O–H groups in total. The summed E-state index contributed by atoms with van der Waals surface area (Å²) in [5.74, 6) is -2.28. The Morgan fingerprint density at radius 3 is 2.38 bits per heavy atom. The van der Waals surface area contributed by atoms with E-state index in [9.17, 15) is 39.6 Å². The minimum atomic E-state index is -4.88. The minimum Gasteiger partial charge on any atom is -0.443 e. The van der Waals surface area contributed by atoms with Gasteiger partial charge < -0.3 is 9.73 Å². The van der Waals surface area contributed by atoms with Crippen molar-refractivity contribution in [3.05, 3.63) is 66.1 Å². The molecule has 1 amide bonds. The summed E-state index contributed by atoms with van der Waals surface area (Å²) in [7, 11) is -4.32. The van der Waals surface area contributed by atoms with Crippen molar-refractivity contribution in [2.75, 3.05) is 0 Å². The Bertz CT molecular complexity index is 1710. The number of hydrogen-bond donors (Lipinski definition) is 1. The molecule has 0 spiro atoms. The summed E-state index contributed by atoms with van der Waals surface area (Å²) < 4.78 is 113. The van der Waals surface area contributed by atoms with Gasteiger partial charge in [0.15, 0.2) is 0 Å². The predicted octanol–water partition coefficient (Wildman–Crippen LogP) is 4.58. The van der Waals surface area contributed by atoms with Gasteiger partial charge >= 0.3 is 12.4 Å². The Balaban J connectivity index is 1.39. The van der Waals surface area contributed by atoms with E-state index in [0.29, 0.717) is 18.0 Å². The van der Waals surface area contributed by atoms with Crippen LogP contribution in [0.5, 0.6) is 0 Å². The van der Waals surface area contributed by atoms with Crippen LogP contribution in [0.3, 0.4) is 0 Å². The van der Waals surface area contributed by atoms with Crippen molar-refractivity contribution in [3.8, 4) is 11.3 Å². The second kappa shape index (κ2) is 10.6. The van der Waals surface area contributed by atoms with Gasteiger partial charge in [-0.25, -0.2) is 18.4 Å². The number of sulfonamides is 1. The maximum Gasteiger partial charge on any atom is 0.451 e. The van der Waals surface area contributed by atoms with Crippen molar-refractivity contribution < 1.29 is 44.0 Å². The number of fused-ring (bicyclic) bond motifs is 1. The smallest absolute Gasteiger partial charge is 0.443 e. The summed E-state index contributed by atoms with van der Waals surface area (Å²) >= 11 is 0. The van der Waals surface area contributed by atoms with Gasteiger partial charge in [0.1, 0.15) is 11.6 Å². The molecule has 2 atom stereocenters. The Kier molecular flexibility index (Phi) is 7.42. The first-order chi connectivity index (χ1) is 19.7. The van der Waals surface area contributed by atoms with E-state index in [1.165, 1.54) is 24.5 Å². The number of aromatic nitrogens is 4. The molecule has 1 fully saturated rings. The molecule has 1 saturated heterocycles. The Morgan fingerprint density at radius 1 is 1.02 bits per heavy atom. The standard InChI is InChI=1S/C25H20F6N6O4S/c1-13-2-3-19(37(13)42(39,40)21-7-15-8-32-5-4-20(15)41-21)22(38)34-9-14-6-18(33-12-17(14)24(26,27)28)16-10-35-23(36-11-16)25(29,30)31/h4-8,10-13,19H,2-3,9H2,1H3,(H,34,38)/t13-,19-/m0/s1. The molecule has 0 saturated carbocycles. The number of halogens is 6. The van der Waals surface area contributed by atoms with Gasteiger partial charge in [0.25, 0.3) is 10.0 Å². The molecule has 42 heavy (non-hydrogen) atoms. The van der Waals surface area contributed by atoms with Gasteiger partial charge in [0.05, 0.1) is 11.3 Å². The zero-order valence-corrected chi connectivity index (χ0v) is 22.3. The lowest BCUT2D eigenvalue weighted by atomic mass is 10.1. The summed E-state index contributed by atoms with van der Waals surface area (Å²) in [6.45, 7) is 0.915. The quantitative estimate of drug-likeness (QED) is 0.313. The molecule has 10 nitrogen and oxygen atoms in total. The van der Waals surface area contributed by atoms with Crippen molar-refractivity contribution >= 4 is 26.9 Å². The van der Waals surface area contributed by atoms with Crippen LogP contribution in [0.2, 0.25) is 0 Å². The first-order valence-electron chi connectivity index (χ1n) is 12.3. The van der Waals surface area contributed by atoms with E-state index in [0.717, 1.165) is 22.8 Å². The molecule has 5 rings (SSSR count). The van der Waals surface area contributed by atoms with Gasteiger partial charge in [-0.1, -0.05) is 0 Å². The summed E-state index contributed by atoms with van der Waals surface area (Å²) in [5, 5.41) is 2.39. The van der Waals surface area contributed by atoms with E-state index in [2.05, 4.69) is 25.3 Å². The zero-order chi connectivity index (χ0) is 30.4. The van der Waals surface area contributed by atoms with Crippen molar-refractivity contribution in [1.29, 1.82) is 0 Å². The molecule has 0 unspecified atom stereocenters. The summed E-state index contributed by atoms with van der Waals surface area (Å²) in [6.07, 6.45) is -4.44. The second-order valence-electron chi connectivity index (χ2n) is 9.49. The lowest BCUT2D eigenvalue weighted by Crippen LogP contribution is -2.48. The molecular formula is C25H20F6N6O4S. The van der Waals surface area contributed by atoms with Crippen LogP contribution in [0, 0.1) is 0 Å². The molecule has 1 aliphatic heterocycles. The van der Waals surface area contributed by atoms with E-state index in [-0.39, 0.29) is 23.3 Å². The normalized spacial score (nSPS) is 18.5. The van der Waals surface area contributed by atoms with Crippen LogP contribution in [-0.4, -0.2) is 50.6 Å². The maximum absolute atomic E-state index is 13.7. The monoisotopic (exact) mass is 614 g/mol. The van der Waals surface area contributed by atoms with Crippen LogP contribution < -0.4 is 5.32 Å².